The van der Waals surface area contributed by atoms with Crippen LogP contribution in [-0.2, 0) is 6.42 Å². The number of nitrogens with two attached hydrogens (primary N) is 1. The molecule has 2 rings (SSSR count). The van der Waals surface area contributed by atoms with E-state index in [1.165, 1.54) is 0 Å². The highest BCUT2D eigenvalue weighted by Gasteiger charge is 2.11. The lowest BCUT2D eigenvalue weighted by atomic mass is 10.1. The summed E-state index contributed by atoms with van der Waals surface area (Å²) >= 11 is 14.2. The smallest absolute Gasteiger partial charge is 0.257 e. The van der Waals surface area contributed by atoms with Crippen LogP contribution >= 0.6 is 39.7 Å². The van der Waals surface area contributed by atoms with Crippen LogP contribution in [-0.4, -0.2) is 10.9 Å². The fourth-order valence-electron chi connectivity index (χ4n) is 1.78. The normalized spacial score (nSPS) is 10.2. The number of rotatable bonds is 4. The molecule has 0 heterocycles. The summed E-state index contributed by atoms with van der Waals surface area (Å²) in [6.07, 6.45) is 0.543. The Labute approximate surface area is 141 Å². The minimum Gasteiger partial charge on any atom is -0.393 e. The van der Waals surface area contributed by atoms with Crippen LogP contribution in [0.25, 0.3) is 0 Å². The van der Waals surface area contributed by atoms with Crippen molar-refractivity contribution in [3.05, 3.63) is 63.1 Å². The van der Waals surface area contributed by atoms with Gasteiger partial charge in [-0.25, -0.2) is 0 Å². The van der Waals surface area contributed by atoms with Gasteiger partial charge in [0.05, 0.1) is 15.6 Å². The van der Waals surface area contributed by atoms with Crippen LogP contribution < -0.4 is 11.1 Å². The van der Waals surface area contributed by atoms with Crippen molar-refractivity contribution in [1.82, 2.24) is 0 Å². The summed E-state index contributed by atoms with van der Waals surface area (Å²) in [6, 6.07) is 12.5. The summed E-state index contributed by atoms with van der Waals surface area (Å²) in [7, 11) is 0. The first-order valence-corrected chi connectivity index (χ1v) is 7.67. The van der Waals surface area contributed by atoms with Gasteiger partial charge in [-0.05, 0) is 35.9 Å². The van der Waals surface area contributed by atoms with Gasteiger partial charge in [0.1, 0.15) is 0 Å². The molecule has 2 aromatic rings. The maximum Gasteiger partial charge on any atom is 0.257 e. The molecule has 1 amide bonds. The molecule has 0 saturated carbocycles. The van der Waals surface area contributed by atoms with Gasteiger partial charge >= 0.3 is 0 Å². The number of benzene rings is 2. The maximum atomic E-state index is 12.2. The van der Waals surface area contributed by atoms with Crippen LogP contribution in [0.4, 0.5) is 5.69 Å². The van der Waals surface area contributed by atoms with Gasteiger partial charge < -0.3 is 11.1 Å². The molecule has 0 spiro atoms. The number of nitrogens with one attached hydrogen (secondary N) is 1. The topological polar surface area (TPSA) is 55.1 Å². The van der Waals surface area contributed by atoms with Crippen LogP contribution in [0.15, 0.2) is 46.9 Å². The van der Waals surface area contributed by atoms with E-state index in [1.807, 2.05) is 12.1 Å². The molecule has 0 fully saturated rings. The van der Waals surface area contributed by atoms with Crippen molar-refractivity contribution in [3.63, 3.8) is 0 Å². The Hall–Kier alpha value is -1.43. The first-order valence-electron chi connectivity index (χ1n) is 6.09. The van der Waals surface area contributed by atoms with Crippen molar-refractivity contribution in [3.8, 4) is 0 Å². The molecule has 0 aromatic heterocycles. The van der Waals surface area contributed by atoms with Gasteiger partial charge in [-0.15, -0.1) is 0 Å². The summed E-state index contributed by atoms with van der Waals surface area (Å²) in [4.78, 5) is 12.6. The molecule has 108 valence electrons. The fraction of sp³-hybridized carbons (Fsp3) is 0.0667. The molecule has 21 heavy (non-hydrogen) atoms. The number of thiocarbonyl (C=S) groups is 1. The van der Waals surface area contributed by atoms with E-state index in [9.17, 15) is 4.79 Å². The predicted molar refractivity (Wildman–Crippen MR) is 94.0 cm³/mol. The number of amides is 1. The molecule has 0 saturated heterocycles. The molecule has 0 atom stereocenters. The van der Waals surface area contributed by atoms with Crippen LogP contribution in [0.3, 0.4) is 0 Å². The van der Waals surface area contributed by atoms with Crippen LogP contribution in [0.2, 0.25) is 5.02 Å². The Morgan fingerprint density at radius 2 is 1.90 bits per heavy atom. The zero-order valence-corrected chi connectivity index (χ0v) is 14.1. The molecular formula is C15H12BrClN2OS. The highest BCUT2D eigenvalue weighted by atomic mass is 79.9. The van der Waals surface area contributed by atoms with Crippen LogP contribution in [0.5, 0.6) is 0 Å². The number of hydrogen-bond donors (Lipinski definition) is 2. The number of carbonyl (C=O) groups excluding carboxylic acids is 1. The van der Waals surface area contributed by atoms with Gasteiger partial charge in [-0.2, -0.15) is 0 Å². The molecular weight excluding hydrogens is 372 g/mol. The van der Waals surface area contributed by atoms with Gasteiger partial charge in [-0.3, -0.25) is 4.79 Å². The van der Waals surface area contributed by atoms with E-state index in [1.54, 1.807) is 30.3 Å². The third kappa shape index (κ3) is 4.52. The standard InChI is InChI=1S/C15H12BrClN2OS/c16-10-3-6-13(17)12(8-10)15(20)19-11-4-1-9(2-5-11)7-14(18)21/h1-6,8H,7H2,(H2,18,21)(H,19,20). The average molecular weight is 384 g/mol. The molecule has 3 nitrogen and oxygen atoms in total. The van der Waals surface area contributed by atoms with Crippen molar-refractivity contribution in [2.75, 3.05) is 5.32 Å². The monoisotopic (exact) mass is 382 g/mol. The average Bonchev–Trinajstić information content (AvgIpc) is 2.43. The highest BCUT2D eigenvalue weighted by Crippen LogP contribution is 2.22. The summed E-state index contributed by atoms with van der Waals surface area (Å²) < 4.78 is 0.795. The van der Waals surface area contributed by atoms with Crippen molar-refractivity contribution in [2.45, 2.75) is 6.42 Å². The zero-order chi connectivity index (χ0) is 15.4. The van der Waals surface area contributed by atoms with Crippen molar-refractivity contribution in [1.29, 1.82) is 0 Å². The summed E-state index contributed by atoms with van der Waals surface area (Å²) in [5.41, 5.74) is 7.59. The van der Waals surface area contributed by atoms with E-state index < -0.39 is 0 Å². The van der Waals surface area contributed by atoms with E-state index in [4.69, 9.17) is 29.6 Å². The number of hydrogen-bond acceptors (Lipinski definition) is 2. The minimum absolute atomic E-state index is 0.261. The molecule has 0 bridgehead atoms. The van der Waals surface area contributed by atoms with Gasteiger partial charge in [0.2, 0.25) is 0 Å². The van der Waals surface area contributed by atoms with Gasteiger partial charge in [0.25, 0.3) is 5.91 Å². The summed E-state index contributed by atoms with van der Waals surface area (Å²) in [6.45, 7) is 0. The molecule has 3 N–H and O–H groups in total. The zero-order valence-electron chi connectivity index (χ0n) is 10.9. The molecule has 0 aliphatic rings. The second-order valence-corrected chi connectivity index (χ2v) is 6.27. The highest BCUT2D eigenvalue weighted by molar-refractivity contribution is 9.10. The number of anilines is 1. The van der Waals surface area contributed by atoms with Crippen LogP contribution in [0.1, 0.15) is 15.9 Å². The molecule has 0 radical (unpaired) electrons. The Balaban J connectivity index is 2.12. The summed E-state index contributed by atoms with van der Waals surface area (Å²) in [5, 5.41) is 3.20. The van der Waals surface area contributed by atoms with Crippen molar-refractivity contribution in [2.24, 2.45) is 5.73 Å². The Kier molecular flexibility index (Phi) is 5.33. The van der Waals surface area contributed by atoms with Crippen LogP contribution in [0, 0.1) is 0 Å². The lowest BCUT2D eigenvalue weighted by Gasteiger charge is -2.08. The maximum absolute atomic E-state index is 12.2. The van der Waals surface area contributed by atoms with E-state index in [0.29, 0.717) is 27.7 Å². The van der Waals surface area contributed by atoms with Gasteiger partial charge in [-0.1, -0.05) is 51.9 Å². The quantitative estimate of drug-likeness (QED) is 0.779. The van der Waals surface area contributed by atoms with Crippen molar-refractivity contribution < 1.29 is 4.79 Å². The second kappa shape index (κ2) is 7.02. The largest absolute Gasteiger partial charge is 0.393 e. The SMILES string of the molecule is NC(=S)Cc1ccc(NC(=O)c2cc(Br)ccc2Cl)cc1. The molecule has 0 unspecified atom stereocenters. The van der Waals surface area contributed by atoms with E-state index in [0.717, 1.165) is 10.0 Å². The lowest BCUT2D eigenvalue weighted by Crippen LogP contribution is -2.13. The Morgan fingerprint density at radius 1 is 1.24 bits per heavy atom. The van der Waals surface area contributed by atoms with Gasteiger partial charge in [0, 0.05) is 16.6 Å². The molecule has 0 aliphatic heterocycles. The lowest BCUT2D eigenvalue weighted by molar-refractivity contribution is 0.102. The number of carbonyl (C=O) groups is 1. The molecule has 2 aromatic carbocycles. The summed E-state index contributed by atoms with van der Waals surface area (Å²) in [5.74, 6) is -0.261. The molecule has 0 aliphatic carbocycles. The fourth-order valence-corrected chi connectivity index (χ4v) is 2.51. The van der Waals surface area contributed by atoms with Crippen molar-refractivity contribution >= 4 is 56.3 Å². The first kappa shape index (κ1) is 15.9. The van der Waals surface area contributed by atoms with E-state index in [-0.39, 0.29) is 5.91 Å². The van der Waals surface area contributed by atoms with Gasteiger partial charge in [0.15, 0.2) is 0 Å². The third-order valence-corrected chi connectivity index (χ3v) is 3.73. The van der Waals surface area contributed by atoms with E-state index >= 15 is 0 Å². The Morgan fingerprint density at radius 3 is 2.52 bits per heavy atom. The first-order chi connectivity index (χ1) is 9.95. The van der Waals surface area contributed by atoms with E-state index in [2.05, 4.69) is 21.2 Å². The predicted octanol–water partition coefficient (Wildman–Crippen LogP) is 4.18. The third-order valence-electron chi connectivity index (χ3n) is 2.76. The molecule has 6 heteroatoms. The second-order valence-electron chi connectivity index (χ2n) is 4.42. The number of halogens is 2. The Bertz CT molecular complexity index is 689. The minimum atomic E-state index is -0.261.